The van der Waals surface area contributed by atoms with E-state index in [1.165, 1.54) is 0 Å². The molecule has 4 heteroatoms. The van der Waals surface area contributed by atoms with E-state index in [4.69, 9.17) is 0 Å². The van der Waals surface area contributed by atoms with E-state index < -0.39 is 0 Å². The zero-order valence-corrected chi connectivity index (χ0v) is 9.58. The van der Waals surface area contributed by atoms with Crippen LogP contribution in [-0.2, 0) is 0 Å². The van der Waals surface area contributed by atoms with Crippen LogP contribution in [0.25, 0.3) is 0 Å². The van der Waals surface area contributed by atoms with E-state index in [2.05, 4.69) is 27.1 Å². The molecule has 2 rings (SSSR count). The van der Waals surface area contributed by atoms with Gasteiger partial charge < -0.3 is 15.2 Å². The van der Waals surface area contributed by atoms with Crippen LogP contribution in [0.5, 0.6) is 0 Å². The standard InChI is InChI=1S/C11H20N4/c1-9(11-13-7-10(2)14-11)8-15-5-3-12-4-6-15/h7,9,12H,3-6,8H2,1-2H3,(H,13,14). The first-order valence-electron chi connectivity index (χ1n) is 5.70. The number of rotatable bonds is 3. The van der Waals surface area contributed by atoms with E-state index in [9.17, 15) is 0 Å². The van der Waals surface area contributed by atoms with Crippen molar-refractivity contribution in [3.05, 3.63) is 17.7 Å². The Morgan fingerprint density at radius 3 is 2.80 bits per heavy atom. The fourth-order valence-corrected chi connectivity index (χ4v) is 2.05. The topological polar surface area (TPSA) is 44.0 Å². The first-order chi connectivity index (χ1) is 7.25. The maximum Gasteiger partial charge on any atom is 0.110 e. The number of hydrogen-bond donors (Lipinski definition) is 2. The first-order valence-corrected chi connectivity index (χ1v) is 5.70. The van der Waals surface area contributed by atoms with Gasteiger partial charge in [0.2, 0.25) is 0 Å². The van der Waals surface area contributed by atoms with Gasteiger partial charge in [0.15, 0.2) is 0 Å². The lowest BCUT2D eigenvalue weighted by molar-refractivity contribution is 0.228. The highest BCUT2D eigenvalue weighted by atomic mass is 15.2. The van der Waals surface area contributed by atoms with E-state index in [1.807, 2.05) is 13.1 Å². The molecule has 1 aromatic rings. The van der Waals surface area contributed by atoms with E-state index in [0.717, 1.165) is 44.2 Å². The highest BCUT2D eigenvalue weighted by Gasteiger charge is 2.15. The number of nitrogens with zero attached hydrogens (tertiary/aromatic N) is 2. The van der Waals surface area contributed by atoms with Crippen LogP contribution in [0.3, 0.4) is 0 Å². The highest BCUT2D eigenvalue weighted by Crippen LogP contribution is 2.13. The van der Waals surface area contributed by atoms with E-state index in [1.54, 1.807) is 0 Å². The third-order valence-electron chi connectivity index (χ3n) is 2.93. The fourth-order valence-electron chi connectivity index (χ4n) is 2.05. The Hall–Kier alpha value is -0.870. The van der Waals surface area contributed by atoms with Crippen molar-refractivity contribution in [3.8, 4) is 0 Å². The molecule has 0 radical (unpaired) electrons. The Balaban J connectivity index is 1.88. The van der Waals surface area contributed by atoms with Crippen molar-refractivity contribution in [3.63, 3.8) is 0 Å². The lowest BCUT2D eigenvalue weighted by Crippen LogP contribution is -2.44. The number of nitrogens with one attached hydrogen (secondary N) is 2. The summed E-state index contributed by atoms with van der Waals surface area (Å²) < 4.78 is 0. The monoisotopic (exact) mass is 208 g/mol. The van der Waals surface area contributed by atoms with Crippen LogP contribution < -0.4 is 5.32 Å². The molecule has 1 aliphatic rings. The average Bonchev–Trinajstić information content (AvgIpc) is 2.66. The second-order valence-corrected chi connectivity index (χ2v) is 4.40. The van der Waals surface area contributed by atoms with Crippen LogP contribution in [-0.4, -0.2) is 47.6 Å². The highest BCUT2D eigenvalue weighted by molar-refractivity contribution is 5.03. The van der Waals surface area contributed by atoms with Crippen molar-refractivity contribution >= 4 is 0 Å². The Labute approximate surface area is 91.1 Å². The minimum atomic E-state index is 0.497. The molecule has 0 aliphatic carbocycles. The zero-order chi connectivity index (χ0) is 10.7. The maximum atomic E-state index is 4.38. The Morgan fingerprint density at radius 2 is 2.20 bits per heavy atom. The summed E-state index contributed by atoms with van der Waals surface area (Å²) in [6, 6.07) is 0. The lowest BCUT2D eigenvalue weighted by Gasteiger charge is -2.29. The van der Waals surface area contributed by atoms with Crippen LogP contribution in [0, 0.1) is 6.92 Å². The number of aromatic amines is 1. The molecule has 15 heavy (non-hydrogen) atoms. The molecule has 0 aromatic carbocycles. The van der Waals surface area contributed by atoms with E-state index in [0.29, 0.717) is 5.92 Å². The zero-order valence-electron chi connectivity index (χ0n) is 9.58. The van der Waals surface area contributed by atoms with Gasteiger partial charge >= 0.3 is 0 Å². The third kappa shape index (κ3) is 2.79. The molecule has 1 atom stereocenters. The second-order valence-electron chi connectivity index (χ2n) is 4.40. The van der Waals surface area contributed by atoms with Crippen LogP contribution in [0.2, 0.25) is 0 Å². The summed E-state index contributed by atoms with van der Waals surface area (Å²) in [5.41, 5.74) is 1.15. The molecule has 1 fully saturated rings. The summed E-state index contributed by atoms with van der Waals surface area (Å²) in [5, 5.41) is 3.37. The SMILES string of the molecule is Cc1cnc(C(C)CN2CCNCC2)[nH]1. The van der Waals surface area contributed by atoms with Crippen molar-refractivity contribution in [1.29, 1.82) is 0 Å². The normalized spacial score (nSPS) is 20.4. The molecule has 1 saturated heterocycles. The molecule has 84 valence electrons. The Morgan fingerprint density at radius 1 is 1.47 bits per heavy atom. The summed E-state index contributed by atoms with van der Waals surface area (Å²) in [4.78, 5) is 10.2. The van der Waals surface area contributed by atoms with Gasteiger partial charge in [-0.2, -0.15) is 0 Å². The second kappa shape index (κ2) is 4.77. The number of hydrogen-bond acceptors (Lipinski definition) is 3. The largest absolute Gasteiger partial charge is 0.346 e. The number of H-pyrrole nitrogens is 1. The van der Waals surface area contributed by atoms with Crippen molar-refractivity contribution in [2.45, 2.75) is 19.8 Å². The van der Waals surface area contributed by atoms with Crippen LogP contribution in [0.15, 0.2) is 6.20 Å². The molecule has 1 aromatic heterocycles. The van der Waals surface area contributed by atoms with Gasteiger partial charge in [0.25, 0.3) is 0 Å². The fraction of sp³-hybridized carbons (Fsp3) is 0.727. The van der Waals surface area contributed by atoms with Crippen LogP contribution >= 0.6 is 0 Å². The molecule has 0 saturated carbocycles. The molecule has 0 amide bonds. The van der Waals surface area contributed by atoms with Gasteiger partial charge in [0.1, 0.15) is 5.82 Å². The molecule has 2 N–H and O–H groups in total. The van der Waals surface area contributed by atoms with Crippen molar-refractivity contribution < 1.29 is 0 Å². The van der Waals surface area contributed by atoms with Gasteiger partial charge in [0.05, 0.1) is 0 Å². The summed E-state index contributed by atoms with van der Waals surface area (Å²) in [6.45, 7) is 9.94. The van der Waals surface area contributed by atoms with Crippen molar-refractivity contribution in [2.75, 3.05) is 32.7 Å². The van der Waals surface area contributed by atoms with Crippen LogP contribution in [0.4, 0.5) is 0 Å². The predicted octanol–water partition coefficient (Wildman–Crippen LogP) is 0.727. The quantitative estimate of drug-likeness (QED) is 0.769. The first kappa shape index (κ1) is 10.6. The minimum absolute atomic E-state index is 0.497. The molecular weight excluding hydrogens is 188 g/mol. The summed E-state index contributed by atoms with van der Waals surface area (Å²) in [5.74, 6) is 1.61. The van der Waals surface area contributed by atoms with Crippen molar-refractivity contribution in [1.82, 2.24) is 20.2 Å². The predicted molar refractivity (Wildman–Crippen MR) is 61.0 cm³/mol. The molecule has 0 bridgehead atoms. The summed E-state index contributed by atoms with van der Waals surface area (Å²) >= 11 is 0. The molecule has 0 spiro atoms. The van der Waals surface area contributed by atoms with Gasteiger partial charge in [-0.3, -0.25) is 0 Å². The lowest BCUT2D eigenvalue weighted by atomic mass is 10.1. The smallest absolute Gasteiger partial charge is 0.110 e. The Bertz CT molecular complexity index is 301. The van der Waals surface area contributed by atoms with Gasteiger partial charge in [-0.15, -0.1) is 0 Å². The van der Waals surface area contributed by atoms with Crippen molar-refractivity contribution in [2.24, 2.45) is 0 Å². The van der Waals surface area contributed by atoms with E-state index in [-0.39, 0.29) is 0 Å². The minimum Gasteiger partial charge on any atom is -0.346 e. The molecule has 2 heterocycles. The number of imidazole rings is 1. The van der Waals surface area contributed by atoms with Gasteiger partial charge in [-0.05, 0) is 6.92 Å². The Kier molecular flexibility index (Phi) is 3.38. The maximum absolute atomic E-state index is 4.38. The number of aromatic nitrogens is 2. The molecular formula is C11H20N4. The van der Waals surface area contributed by atoms with Gasteiger partial charge in [-0.1, -0.05) is 6.92 Å². The summed E-state index contributed by atoms with van der Waals surface area (Å²) in [6.07, 6.45) is 1.91. The van der Waals surface area contributed by atoms with E-state index >= 15 is 0 Å². The third-order valence-corrected chi connectivity index (χ3v) is 2.93. The van der Waals surface area contributed by atoms with Crippen LogP contribution in [0.1, 0.15) is 24.4 Å². The molecule has 1 unspecified atom stereocenters. The summed E-state index contributed by atoms with van der Waals surface area (Å²) in [7, 11) is 0. The number of piperazine rings is 1. The molecule has 1 aliphatic heterocycles. The average molecular weight is 208 g/mol. The van der Waals surface area contributed by atoms with Gasteiger partial charge in [0, 0.05) is 50.5 Å². The number of aryl methyl sites for hydroxylation is 1. The molecule has 4 nitrogen and oxygen atoms in total. The van der Waals surface area contributed by atoms with Gasteiger partial charge in [-0.25, -0.2) is 4.98 Å².